The molecule has 2 rings (SSSR count). The smallest absolute Gasteiger partial charge is 0.305 e. The molecule has 25 heavy (non-hydrogen) atoms. The highest BCUT2D eigenvalue weighted by atomic mass is 16.5. The Kier molecular flexibility index (Phi) is 6.31. The predicted molar refractivity (Wildman–Crippen MR) is 92.7 cm³/mol. The van der Waals surface area contributed by atoms with Gasteiger partial charge in [-0.05, 0) is 43.4 Å². The molecule has 0 saturated carbocycles. The van der Waals surface area contributed by atoms with Crippen LogP contribution < -0.4 is 5.32 Å². The van der Waals surface area contributed by atoms with Crippen molar-refractivity contribution >= 4 is 17.7 Å². The van der Waals surface area contributed by atoms with Gasteiger partial charge in [0.15, 0.2) is 5.78 Å². The largest absolute Gasteiger partial charge is 0.481 e. The van der Waals surface area contributed by atoms with Gasteiger partial charge < -0.3 is 15.2 Å². The molecule has 6 nitrogen and oxygen atoms in total. The molecule has 2 N–H and O–H groups in total. The number of carbonyl (C=O) groups is 3. The van der Waals surface area contributed by atoms with Gasteiger partial charge in [0.2, 0.25) is 5.91 Å². The molecule has 0 bridgehead atoms. The molecule has 0 aromatic heterocycles. The van der Waals surface area contributed by atoms with E-state index in [0.717, 1.165) is 19.3 Å². The molecule has 0 aliphatic heterocycles. The number of fused-ring (bicyclic) bond motifs is 1. The Morgan fingerprint density at radius 1 is 1.20 bits per heavy atom. The third-order valence-corrected chi connectivity index (χ3v) is 4.45. The highest BCUT2D eigenvalue weighted by Crippen LogP contribution is 2.23. The van der Waals surface area contributed by atoms with Gasteiger partial charge in [0.05, 0.1) is 18.6 Å². The topological polar surface area (TPSA) is 92.7 Å². The fraction of sp³-hybridized carbons (Fsp3) is 0.526. The number of amides is 1. The van der Waals surface area contributed by atoms with Crippen molar-refractivity contribution in [3.8, 4) is 0 Å². The number of rotatable bonds is 9. The summed E-state index contributed by atoms with van der Waals surface area (Å²) in [6, 6.07) is 5.75. The zero-order valence-electron chi connectivity index (χ0n) is 14.8. The quantitative estimate of drug-likeness (QED) is 0.668. The fourth-order valence-corrected chi connectivity index (χ4v) is 3.30. The van der Waals surface area contributed by atoms with Crippen LogP contribution in [0, 0.1) is 0 Å². The second-order valence-electron chi connectivity index (χ2n) is 6.87. The first kappa shape index (κ1) is 19.1. The van der Waals surface area contributed by atoms with Crippen LogP contribution in [0.4, 0.5) is 0 Å². The van der Waals surface area contributed by atoms with Crippen LogP contribution in [-0.2, 0) is 27.2 Å². The average molecular weight is 347 g/mol. The van der Waals surface area contributed by atoms with E-state index in [1.54, 1.807) is 6.92 Å². The summed E-state index contributed by atoms with van der Waals surface area (Å²) in [6.07, 6.45) is 3.06. The van der Waals surface area contributed by atoms with Crippen molar-refractivity contribution in [3.63, 3.8) is 0 Å². The standard InChI is InChI=1S/C19H25NO5/c1-19(12-25-2,11-18(23)24)20-17(22)9-8-16(21)15-7-6-13-4-3-5-14(13)10-15/h6-7,10H,3-5,8-9,11-12H2,1-2H3,(H,20,22)(H,23,24). The Balaban J connectivity index is 1.90. The van der Waals surface area contributed by atoms with E-state index in [-0.39, 0.29) is 37.6 Å². The molecule has 0 saturated heterocycles. The highest BCUT2D eigenvalue weighted by molar-refractivity contribution is 5.98. The molecule has 1 amide bonds. The number of benzene rings is 1. The molecule has 1 aliphatic carbocycles. The third kappa shape index (κ3) is 5.39. The minimum atomic E-state index is -1.02. The monoisotopic (exact) mass is 347 g/mol. The van der Waals surface area contributed by atoms with Crippen molar-refractivity contribution in [1.29, 1.82) is 0 Å². The van der Waals surface area contributed by atoms with Gasteiger partial charge in [0.1, 0.15) is 0 Å². The lowest BCUT2D eigenvalue weighted by Crippen LogP contribution is -2.50. The lowest BCUT2D eigenvalue weighted by molar-refractivity contribution is -0.139. The number of nitrogens with one attached hydrogen (secondary N) is 1. The van der Waals surface area contributed by atoms with Gasteiger partial charge in [-0.2, -0.15) is 0 Å². The van der Waals surface area contributed by atoms with Crippen molar-refractivity contribution in [3.05, 3.63) is 34.9 Å². The van der Waals surface area contributed by atoms with E-state index >= 15 is 0 Å². The van der Waals surface area contributed by atoms with Crippen LogP contribution in [0.5, 0.6) is 0 Å². The van der Waals surface area contributed by atoms with Crippen molar-refractivity contribution in [1.82, 2.24) is 5.32 Å². The summed E-state index contributed by atoms with van der Waals surface area (Å²) >= 11 is 0. The summed E-state index contributed by atoms with van der Waals surface area (Å²) < 4.78 is 5.00. The number of carboxylic acids is 1. The van der Waals surface area contributed by atoms with Gasteiger partial charge in [-0.1, -0.05) is 12.1 Å². The number of Topliss-reactive ketones (excluding diaryl/α,β-unsaturated/α-hetero) is 1. The van der Waals surface area contributed by atoms with Crippen molar-refractivity contribution in [2.75, 3.05) is 13.7 Å². The van der Waals surface area contributed by atoms with Crippen LogP contribution in [0.25, 0.3) is 0 Å². The number of aliphatic carboxylic acids is 1. The normalized spacial score (nSPS) is 15.3. The van der Waals surface area contributed by atoms with E-state index in [1.807, 2.05) is 18.2 Å². The van der Waals surface area contributed by atoms with E-state index < -0.39 is 11.5 Å². The zero-order valence-corrected chi connectivity index (χ0v) is 14.8. The number of carbonyl (C=O) groups excluding carboxylic acids is 2. The molecule has 0 fully saturated rings. The van der Waals surface area contributed by atoms with Crippen LogP contribution in [-0.4, -0.2) is 42.0 Å². The maximum Gasteiger partial charge on any atom is 0.305 e. The maximum absolute atomic E-state index is 12.3. The molecule has 6 heteroatoms. The molecule has 0 heterocycles. The summed E-state index contributed by atoms with van der Waals surface area (Å²) in [6.45, 7) is 1.70. The molecule has 136 valence electrons. The lowest BCUT2D eigenvalue weighted by atomic mass is 9.97. The SMILES string of the molecule is COCC(C)(CC(=O)O)NC(=O)CCC(=O)c1ccc2c(c1)CCC2. The van der Waals surface area contributed by atoms with Crippen molar-refractivity contribution in [2.24, 2.45) is 0 Å². The van der Waals surface area contributed by atoms with Gasteiger partial charge in [0.25, 0.3) is 0 Å². The molecule has 1 aromatic rings. The number of ketones is 1. The van der Waals surface area contributed by atoms with Crippen LogP contribution in [0.1, 0.15) is 54.1 Å². The van der Waals surface area contributed by atoms with Gasteiger partial charge in [-0.3, -0.25) is 14.4 Å². The van der Waals surface area contributed by atoms with Crippen LogP contribution in [0.15, 0.2) is 18.2 Å². The summed E-state index contributed by atoms with van der Waals surface area (Å²) in [7, 11) is 1.45. The Morgan fingerprint density at radius 2 is 1.92 bits per heavy atom. The Morgan fingerprint density at radius 3 is 2.60 bits per heavy atom. The molecule has 1 aromatic carbocycles. The van der Waals surface area contributed by atoms with E-state index in [2.05, 4.69) is 5.32 Å². The molecule has 0 radical (unpaired) electrons. The number of hydrogen-bond donors (Lipinski definition) is 2. The second kappa shape index (κ2) is 8.25. The van der Waals surface area contributed by atoms with Crippen molar-refractivity contribution < 1.29 is 24.2 Å². The number of methoxy groups -OCH3 is 1. The summed E-state index contributed by atoms with van der Waals surface area (Å²) in [5, 5.41) is 11.6. The predicted octanol–water partition coefficient (Wildman–Crippen LogP) is 2.13. The lowest BCUT2D eigenvalue weighted by Gasteiger charge is -2.28. The van der Waals surface area contributed by atoms with Crippen molar-refractivity contribution in [2.45, 2.75) is 51.0 Å². The molecular weight excluding hydrogens is 322 g/mol. The molecular formula is C19H25NO5. The van der Waals surface area contributed by atoms with Crippen LogP contribution in [0.2, 0.25) is 0 Å². The highest BCUT2D eigenvalue weighted by Gasteiger charge is 2.29. The average Bonchev–Trinajstić information content (AvgIpc) is 2.99. The summed E-state index contributed by atoms with van der Waals surface area (Å²) in [5.74, 6) is -1.44. The first-order valence-electron chi connectivity index (χ1n) is 8.50. The van der Waals surface area contributed by atoms with Gasteiger partial charge in [0, 0.05) is 25.5 Å². The molecule has 1 atom stereocenters. The molecule has 1 aliphatic rings. The second-order valence-corrected chi connectivity index (χ2v) is 6.87. The Bertz CT molecular complexity index is 670. The summed E-state index contributed by atoms with van der Waals surface area (Å²) in [5.41, 5.74) is 2.18. The minimum absolute atomic E-state index is 0.0227. The van der Waals surface area contributed by atoms with Gasteiger partial charge in [-0.25, -0.2) is 0 Å². The molecule has 0 spiro atoms. The molecule has 1 unspecified atom stereocenters. The van der Waals surface area contributed by atoms with E-state index in [0.29, 0.717) is 5.56 Å². The number of hydrogen-bond acceptors (Lipinski definition) is 4. The van der Waals surface area contributed by atoms with Crippen LogP contribution >= 0.6 is 0 Å². The van der Waals surface area contributed by atoms with Crippen LogP contribution in [0.3, 0.4) is 0 Å². The fourth-order valence-electron chi connectivity index (χ4n) is 3.30. The minimum Gasteiger partial charge on any atom is -0.481 e. The zero-order chi connectivity index (χ0) is 18.4. The Labute approximate surface area is 147 Å². The van der Waals surface area contributed by atoms with E-state index in [1.165, 1.54) is 18.2 Å². The first-order chi connectivity index (χ1) is 11.8. The van der Waals surface area contributed by atoms with E-state index in [4.69, 9.17) is 9.84 Å². The van der Waals surface area contributed by atoms with E-state index in [9.17, 15) is 14.4 Å². The first-order valence-corrected chi connectivity index (χ1v) is 8.50. The third-order valence-electron chi connectivity index (χ3n) is 4.45. The maximum atomic E-state index is 12.3. The van der Waals surface area contributed by atoms with Gasteiger partial charge >= 0.3 is 5.97 Å². The summed E-state index contributed by atoms with van der Waals surface area (Å²) in [4.78, 5) is 35.4. The van der Waals surface area contributed by atoms with Gasteiger partial charge in [-0.15, -0.1) is 0 Å². The Hall–Kier alpha value is -2.21. The number of ether oxygens (including phenoxy) is 1. The number of carboxylic acid groups (broad SMARTS) is 1. The number of aryl methyl sites for hydroxylation is 2.